The molecule has 0 bridgehead atoms. The van der Waals surface area contributed by atoms with Crippen molar-refractivity contribution in [3.63, 3.8) is 0 Å². The van der Waals surface area contributed by atoms with Crippen LogP contribution in [0.25, 0.3) is 0 Å². The molecular formula is C22H25Cl2FN2O2S. The van der Waals surface area contributed by atoms with Gasteiger partial charge in [0.05, 0.1) is 5.75 Å². The first kappa shape index (κ1) is 24.5. The normalized spacial score (nSPS) is 11.8. The molecule has 0 unspecified atom stereocenters. The standard InChI is InChI=1S/C22H25Cl2FN2O2S/c1-3-11-26-22(29)15(2)27(12-16-7-4-5-8-18(16)23)21(28)14-30-13-17-19(24)9-6-10-20(17)25/h4-10,15H,3,11-14H2,1-2H3,(H,26,29)/t15-/m1/s1. The fraction of sp³-hybridized carbons (Fsp3) is 0.364. The van der Waals surface area contributed by atoms with E-state index in [4.69, 9.17) is 23.2 Å². The van der Waals surface area contributed by atoms with Crippen LogP contribution >= 0.6 is 35.0 Å². The highest BCUT2D eigenvalue weighted by Gasteiger charge is 2.26. The summed E-state index contributed by atoms with van der Waals surface area (Å²) in [6.45, 7) is 4.40. The van der Waals surface area contributed by atoms with E-state index in [0.29, 0.717) is 22.2 Å². The predicted molar refractivity (Wildman–Crippen MR) is 122 cm³/mol. The fourth-order valence-electron chi connectivity index (χ4n) is 2.78. The first-order chi connectivity index (χ1) is 14.3. The quantitative estimate of drug-likeness (QED) is 0.511. The summed E-state index contributed by atoms with van der Waals surface area (Å²) in [7, 11) is 0. The fourth-order valence-corrected chi connectivity index (χ4v) is 4.23. The number of amides is 2. The van der Waals surface area contributed by atoms with Crippen LogP contribution in [0.15, 0.2) is 42.5 Å². The van der Waals surface area contributed by atoms with Crippen LogP contribution in [0.4, 0.5) is 4.39 Å². The first-order valence-corrected chi connectivity index (χ1v) is 11.6. The number of nitrogens with one attached hydrogen (secondary N) is 1. The lowest BCUT2D eigenvalue weighted by Gasteiger charge is -2.29. The summed E-state index contributed by atoms with van der Waals surface area (Å²) in [6.07, 6.45) is 0.802. The minimum Gasteiger partial charge on any atom is -0.354 e. The SMILES string of the molecule is CCCNC(=O)[C@@H](C)N(Cc1ccccc1Cl)C(=O)CSCc1c(F)cccc1Cl. The average Bonchev–Trinajstić information content (AvgIpc) is 2.72. The molecule has 8 heteroatoms. The van der Waals surface area contributed by atoms with Crippen molar-refractivity contribution >= 4 is 46.8 Å². The largest absolute Gasteiger partial charge is 0.354 e. The molecule has 162 valence electrons. The molecule has 2 aromatic carbocycles. The Morgan fingerprint density at radius 1 is 1.13 bits per heavy atom. The first-order valence-electron chi connectivity index (χ1n) is 9.66. The summed E-state index contributed by atoms with van der Waals surface area (Å²) in [5.74, 6) is -0.512. The Hall–Kier alpha value is -1.76. The minimum absolute atomic E-state index is 0.0838. The Balaban J connectivity index is 2.11. The number of carbonyl (C=O) groups excluding carboxylic acids is 2. The molecule has 2 rings (SSSR count). The van der Waals surface area contributed by atoms with Gasteiger partial charge in [0.1, 0.15) is 11.9 Å². The number of hydrogen-bond acceptors (Lipinski definition) is 3. The summed E-state index contributed by atoms with van der Waals surface area (Å²) in [6, 6.07) is 11.0. The molecule has 0 saturated carbocycles. The van der Waals surface area contributed by atoms with E-state index in [1.165, 1.54) is 22.7 Å². The van der Waals surface area contributed by atoms with E-state index in [1.54, 1.807) is 25.1 Å². The van der Waals surface area contributed by atoms with Crippen molar-refractivity contribution in [2.45, 2.75) is 38.6 Å². The Morgan fingerprint density at radius 3 is 2.50 bits per heavy atom. The van der Waals surface area contributed by atoms with Crippen molar-refractivity contribution in [3.05, 3.63) is 69.5 Å². The van der Waals surface area contributed by atoms with Gasteiger partial charge in [-0.3, -0.25) is 9.59 Å². The van der Waals surface area contributed by atoms with Gasteiger partial charge < -0.3 is 10.2 Å². The van der Waals surface area contributed by atoms with Gasteiger partial charge in [0.2, 0.25) is 11.8 Å². The summed E-state index contributed by atoms with van der Waals surface area (Å²) in [4.78, 5) is 27.0. The van der Waals surface area contributed by atoms with Crippen molar-refractivity contribution in [1.29, 1.82) is 0 Å². The predicted octanol–water partition coefficient (Wildman–Crippen LogP) is 5.31. The number of benzene rings is 2. The number of thioether (sulfide) groups is 1. The monoisotopic (exact) mass is 470 g/mol. The van der Waals surface area contributed by atoms with Gasteiger partial charge in [-0.15, -0.1) is 11.8 Å². The summed E-state index contributed by atoms with van der Waals surface area (Å²) >= 11 is 13.6. The van der Waals surface area contributed by atoms with Gasteiger partial charge in [0.15, 0.2) is 0 Å². The van der Waals surface area contributed by atoms with Crippen LogP contribution < -0.4 is 5.32 Å². The molecule has 30 heavy (non-hydrogen) atoms. The van der Waals surface area contributed by atoms with E-state index >= 15 is 0 Å². The van der Waals surface area contributed by atoms with Gasteiger partial charge >= 0.3 is 0 Å². The molecule has 0 radical (unpaired) electrons. The van der Waals surface area contributed by atoms with Gasteiger partial charge in [-0.05, 0) is 37.1 Å². The molecule has 0 aliphatic rings. The summed E-state index contributed by atoms with van der Waals surface area (Å²) in [5.41, 5.74) is 1.12. The maximum atomic E-state index is 14.0. The van der Waals surface area contributed by atoms with E-state index in [9.17, 15) is 14.0 Å². The lowest BCUT2D eigenvalue weighted by atomic mass is 10.1. The molecule has 1 atom stereocenters. The zero-order chi connectivity index (χ0) is 22.1. The van der Waals surface area contributed by atoms with Crippen molar-refractivity contribution in [1.82, 2.24) is 10.2 Å². The average molecular weight is 471 g/mol. The number of nitrogens with zero attached hydrogens (tertiary/aromatic N) is 1. The van der Waals surface area contributed by atoms with Gasteiger partial charge in [-0.25, -0.2) is 4.39 Å². The lowest BCUT2D eigenvalue weighted by molar-refractivity contribution is -0.138. The number of hydrogen-bond donors (Lipinski definition) is 1. The third kappa shape index (κ3) is 6.89. The molecule has 0 fully saturated rings. The maximum Gasteiger partial charge on any atom is 0.242 e. The highest BCUT2D eigenvalue weighted by Crippen LogP contribution is 2.25. The van der Waals surface area contributed by atoms with Crippen molar-refractivity contribution in [2.24, 2.45) is 0 Å². The molecule has 0 saturated heterocycles. The molecule has 0 aliphatic carbocycles. The molecule has 0 aromatic heterocycles. The van der Waals surface area contributed by atoms with Gasteiger partial charge in [-0.2, -0.15) is 0 Å². The Kier molecular flexibility index (Phi) is 9.95. The Labute approximate surface area is 191 Å². The molecule has 2 amide bonds. The van der Waals surface area contributed by atoms with E-state index in [1.807, 2.05) is 25.1 Å². The van der Waals surface area contributed by atoms with Crippen LogP contribution in [0.3, 0.4) is 0 Å². The Morgan fingerprint density at radius 2 is 1.83 bits per heavy atom. The van der Waals surface area contributed by atoms with Gasteiger partial charge in [0.25, 0.3) is 0 Å². The van der Waals surface area contributed by atoms with Crippen LogP contribution in [-0.2, 0) is 21.9 Å². The van der Waals surface area contributed by atoms with E-state index in [0.717, 1.165) is 12.0 Å². The zero-order valence-electron chi connectivity index (χ0n) is 17.0. The highest BCUT2D eigenvalue weighted by atomic mass is 35.5. The summed E-state index contributed by atoms with van der Waals surface area (Å²) in [5, 5.41) is 3.68. The van der Waals surface area contributed by atoms with E-state index < -0.39 is 11.9 Å². The maximum absolute atomic E-state index is 14.0. The number of halogens is 3. The molecule has 4 nitrogen and oxygen atoms in total. The molecular weight excluding hydrogens is 446 g/mol. The van der Waals surface area contributed by atoms with E-state index in [-0.39, 0.29) is 29.9 Å². The third-order valence-electron chi connectivity index (χ3n) is 4.55. The molecule has 0 aliphatic heterocycles. The van der Waals surface area contributed by atoms with Crippen LogP contribution in [0.1, 0.15) is 31.4 Å². The third-order valence-corrected chi connectivity index (χ3v) is 6.22. The molecule has 0 heterocycles. The van der Waals surface area contributed by atoms with Crippen molar-refractivity contribution in [2.75, 3.05) is 12.3 Å². The van der Waals surface area contributed by atoms with Crippen LogP contribution in [0, 0.1) is 5.82 Å². The van der Waals surface area contributed by atoms with Crippen LogP contribution in [0.5, 0.6) is 0 Å². The van der Waals surface area contributed by atoms with Crippen molar-refractivity contribution < 1.29 is 14.0 Å². The summed E-state index contributed by atoms with van der Waals surface area (Å²) < 4.78 is 14.0. The molecule has 2 aromatic rings. The molecule has 1 N–H and O–H groups in total. The molecule has 0 spiro atoms. The topological polar surface area (TPSA) is 49.4 Å². The smallest absolute Gasteiger partial charge is 0.242 e. The van der Waals surface area contributed by atoms with Crippen LogP contribution in [-0.4, -0.2) is 35.1 Å². The number of carbonyl (C=O) groups is 2. The van der Waals surface area contributed by atoms with Gasteiger partial charge in [0, 0.05) is 34.5 Å². The van der Waals surface area contributed by atoms with Crippen LogP contribution in [0.2, 0.25) is 10.0 Å². The second kappa shape index (κ2) is 12.2. The van der Waals surface area contributed by atoms with E-state index in [2.05, 4.69) is 5.32 Å². The van der Waals surface area contributed by atoms with Crippen molar-refractivity contribution in [3.8, 4) is 0 Å². The minimum atomic E-state index is -0.669. The number of rotatable bonds is 10. The second-order valence-electron chi connectivity index (χ2n) is 6.77. The lowest BCUT2D eigenvalue weighted by Crippen LogP contribution is -2.48. The zero-order valence-corrected chi connectivity index (χ0v) is 19.3. The highest BCUT2D eigenvalue weighted by molar-refractivity contribution is 7.99. The second-order valence-corrected chi connectivity index (χ2v) is 8.57. The Bertz CT molecular complexity index is 862. The van der Waals surface area contributed by atoms with Gasteiger partial charge in [-0.1, -0.05) is 54.4 Å².